The van der Waals surface area contributed by atoms with Crippen molar-refractivity contribution in [1.29, 1.82) is 0 Å². The van der Waals surface area contributed by atoms with Crippen molar-refractivity contribution in [3.8, 4) is 33.7 Å². The van der Waals surface area contributed by atoms with Gasteiger partial charge in [-0.2, -0.15) is 0 Å². The van der Waals surface area contributed by atoms with Crippen molar-refractivity contribution in [2.45, 2.75) is 40.0 Å². The van der Waals surface area contributed by atoms with Crippen LogP contribution in [0.2, 0.25) is 0 Å². The molecule has 0 fully saturated rings. The summed E-state index contributed by atoms with van der Waals surface area (Å²) in [6, 6.07) is 27.8. The first kappa shape index (κ1) is 21.2. The molecular weight excluding hydrogens is 402 g/mol. The lowest BCUT2D eigenvalue weighted by Crippen LogP contribution is -2.12. The van der Waals surface area contributed by atoms with Gasteiger partial charge in [0.05, 0.1) is 11.9 Å². The Bertz CT molecular complexity index is 1430. The van der Waals surface area contributed by atoms with E-state index in [0.717, 1.165) is 28.0 Å². The zero-order valence-electron chi connectivity index (χ0n) is 19.9. The van der Waals surface area contributed by atoms with Crippen LogP contribution in [0, 0.1) is 13.8 Å². The molecule has 0 spiro atoms. The SMILES string of the molecule is Cc1cc(C(C)(C)C)cc(C)c1-c1cc2cc(-c3cccc(-c4ccccc4)c3)ncc2o1. The Morgan fingerprint density at radius 3 is 2.06 bits per heavy atom. The van der Waals surface area contributed by atoms with Crippen LogP contribution in [-0.4, -0.2) is 4.98 Å². The van der Waals surface area contributed by atoms with Gasteiger partial charge in [0.2, 0.25) is 0 Å². The second-order valence-electron chi connectivity index (χ2n) is 9.90. The Balaban J connectivity index is 1.55. The van der Waals surface area contributed by atoms with Crippen molar-refractivity contribution < 1.29 is 4.42 Å². The number of benzene rings is 3. The molecule has 0 saturated heterocycles. The van der Waals surface area contributed by atoms with E-state index in [1.165, 1.54) is 33.4 Å². The summed E-state index contributed by atoms with van der Waals surface area (Å²) in [4.78, 5) is 4.72. The van der Waals surface area contributed by atoms with Crippen LogP contribution >= 0.6 is 0 Å². The highest BCUT2D eigenvalue weighted by Gasteiger charge is 2.19. The summed E-state index contributed by atoms with van der Waals surface area (Å²) in [6.07, 6.45) is 1.84. The van der Waals surface area contributed by atoms with Gasteiger partial charge < -0.3 is 4.42 Å². The van der Waals surface area contributed by atoms with E-state index < -0.39 is 0 Å². The number of pyridine rings is 1. The predicted octanol–water partition coefficient (Wildman–Crippen LogP) is 8.74. The molecule has 3 aromatic carbocycles. The van der Waals surface area contributed by atoms with E-state index in [4.69, 9.17) is 9.40 Å². The summed E-state index contributed by atoms with van der Waals surface area (Å²) in [5.41, 5.74) is 10.4. The van der Waals surface area contributed by atoms with Crippen LogP contribution in [0.5, 0.6) is 0 Å². The monoisotopic (exact) mass is 431 g/mol. The van der Waals surface area contributed by atoms with Crippen LogP contribution in [0.25, 0.3) is 44.7 Å². The van der Waals surface area contributed by atoms with Crippen molar-refractivity contribution in [2.75, 3.05) is 0 Å². The van der Waals surface area contributed by atoms with Gasteiger partial charge in [-0.1, -0.05) is 81.4 Å². The van der Waals surface area contributed by atoms with Gasteiger partial charge in [-0.05, 0) is 65.3 Å². The minimum absolute atomic E-state index is 0.120. The van der Waals surface area contributed by atoms with Crippen molar-refractivity contribution in [2.24, 2.45) is 0 Å². The standard InChI is InChI=1S/C31H29NO/c1-20-14-26(31(3,4)5)15-21(2)30(20)28-18-25-17-27(32-19-29(25)33-28)24-13-9-12-23(16-24)22-10-7-6-8-11-22/h6-19H,1-5H3. The maximum Gasteiger partial charge on any atom is 0.153 e. The molecule has 2 aromatic heterocycles. The quantitative estimate of drug-likeness (QED) is 0.285. The van der Waals surface area contributed by atoms with Gasteiger partial charge in [0.15, 0.2) is 5.58 Å². The minimum Gasteiger partial charge on any atom is -0.454 e. The zero-order valence-corrected chi connectivity index (χ0v) is 19.9. The Kier molecular flexibility index (Phi) is 5.17. The summed E-state index contributed by atoms with van der Waals surface area (Å²) in [5, 5.41) is 1.07. The third-order valence-corrected chi connectivity index (χ3v) is 6.31. The average Bonchev–Trinajstić information content (AvgIpc) is 3.21. The third-order valence-electron chi connectivity index (χ3n) is 6.31. The Labute approximate surface area is 195 Å². The first-order valence-corrected chi connectivity index (χ1v) is 11.5. The molecule has 164 valence electrons. The summed E-state index contributed by atoms with van der Waals surface area (Å²) in [6.45, 7) is 11.1. The van der Waals surface area contributed by atoms with Crippen molar-refractivity contribution in [3.63, 3.8) is 0 Å². The molecule has 5 aromatic rings. The minimum atomic E-state index is 0.120. The number of furan rings is 1. The van der Waals surface area contributed by atoms with E-state index in [9.17, 15) is 0 Å². The van der Waals surface area contributed by atoms with Crippen LogP contribution in [-0.2, 0) is 5.41 Å². The van der Waals surface area contributed by atoms with Crippen molar-refractivity contribution in [3.05, 3.63) is 102 Å². The Hall–Kier alpha value is -3.65. The molecule has 33 heavy (non-hydrogen) atoms. The van der Waals surface area contributed by atoms with Gasteiger partial charge in [-0.25, -0.2) is 0 Å². The topological polar surface area (TPSA) is 26.0 Å². The van der Waals surface area contributed by atoms with E-state index in [0.29, 0.717) is 0 Å². The molecule has 2 nitrogen and oxygen atoms in total. The first-order valence-electron chi connectivity index (χ1n) is 11.5. The van der Waals surface area contributed by atoms with Gasteiger partial charge in [-0.3, -0.25) is 4.98 Å². The summed E-state index contributed by atoms with van der Waals surface area (Å²) < 4.78 is 6.26. The van der Waals surface area contributed by atoms with Crippen molar-refractivity contribution in [1.82, 2.24) is 4.98 Å². The fraction of sp³-hybridized carbons (Fsp3) is 0.194. The van der Waals surface area contributed by atoms with Crippen molar-refractivity contribution >= 4 is 11.0 Å². The summed E-state index contributed by atoms with van der Waals surface area (Å²) in [5.74, 6) is 0.900. The fourth-order valence-corrected chi connectivity index (χ4v) is 4.50. The maximum absolute atomic E-state index is 6.26. The second kappa shape index (κ2) is 8.04. The molecule has 0 amide bonds. The predicted molar refractivity (Wildman–Crippen MR) is 138 cm³/mol. The van der Waals surface area contributed by atoms with Crippen LogP contribution < -0.4 is 0 Å². The molecular formula is C31H29NO. The third kappa shape index (κ3) is 4.09. The van der Waals surface area contributed by atoms with Crippen LogP contribution in [0.3, 0.4) is 0 Å². The van der Waals surface area contributed by atoms with Gasteiger partial charge in [0.25, 0.3) is 0 Å². The smallest absolute Gasteiger partial charge is 0.153 e. The number of fused-ring (bicyclic) bond motifs is 1. The zero-order chi connectivity index (χ0) is 23.2. The molecule has 2 heteroatoms. The number of hydrogen-bond acceptors (Lipinski definition) is 2. The fourth-order valence-electron chi connectivity index (χ4n) is 4.50. The van der Waals surface area contributed by atoms with Gasteiger partial charge in [-0.15, -0.1) is 0 Å². The average molecular weight is 432 g/mol. The largest absolute Gasteiger partial charge is 0.454 e. The lowest BCUT2D eigenvalue weighted by Gasteiger charge is -2.21. The lowest BCUT2D eigenvalue weighted by molar-refractivity contribution is 0.588. The number of aryl methyl sites for hydroxylation is 2. The normalized spacial score (nSPS) is 11.8. The maximum atomic E-state index is 6.26. The van der Waals surface area contributed by atoms with Gasteiger partial charge in [0, 0.05) is 16.5 Å². The Morgan fingerprint density at radius 1 is 0.697 bits per heavy atom. The molecule has 0 bridgehead atoms. The Morgan fingerprint density at radius 2 is 1.36 bits per heavy atom. The highest BCUT2D eigenvalue weighted by atomic mass is 16.3. The van der Waals surface area contributed by atoms with Gasteiger partial charge in [0.1, 0.15) is 5.76 Å². The van der Waals surface area contributed by atoms with Crippen LogP contribution in [0.15, 0.2) is 89.5 Å². The number of hydrogen-bond donors (Lipinski definition) is 0. The summed E-state index contributed by atoms with van der Waals surface area (Å²) >= 11 is 0. The molecule has 2 heterocycles. The van der Waals surface area contributed by atoms with E-state index in [1.807, 2.05) is 12.3 Å². The van der Waals surface area contributed by atoms with E-state index in [-0.39, 0.29) is 5.41 Å². The molecule has 0 aliphatic carbocycles. The molecule has 0 saturated carbocycles. The van der Waals surface area contributed by atoms with Gasteiger partial charge >= 0.3 is 0 Å². The summed E-state index contributed by atoms with van der Waals surface area (Å²) in [7, 11) is 0. The number of nitrogens with zero attached hydrogens (tertiary/aromatic N) is 1. The molecule has 0 radical (unpaired) electrons. The lowest BCUT2D eigenvalue weighted by atomic mass is 9.83. The number of rotatable bonds is 3. The second-order valence-corrected chi connectivity index (χ2v) is 9.90. The van der Waals surface area contributed by atoms with Crippen LogP contribution in [0.4, 0.5) is 0 Å². The van der Waals surface area contributed by atoms with Crippen LogP contribution in [0.1, 0.15) is 37.5 Å². The van der Waals surface area contributed by atoms with E-state index in [2.05, 4.69) is 107 Å². The molecule has 0 unspecified atom stereocenters. The highest BCUT2D eigenvalue weighted by molar-refractivity contribution is 5.87. The molecule has 0 atom stereocenters. The number of aromatic nitrogens is 1. The molecule has 0 aliphatic rings. The van der Waals surface area contributed by atoms with E-state index in [1.54, 1.807) is 0 Å². The molecule has 0 N–H and O–H groups in total. The molecule has 0 aliphatic heterocycles. The highest BCUT2D eigenvalue weighted by Crippen LogP contribution is 2.36. The first-order chi connectivity index (χ1) is 15.8. The van der Waals surface area contributed by atoms with E-state index >= 15 is 0 Å². The molecule has 5 rings (SSSR count).